The number of rotatable bonds is 21. The number of aryl methyl sites for hydroxylation is 2. The standard InChI is InChI=1S/C50H52N2O4/c1-5-33-53-37-41-13-21-45(22-14-41)51(43-17-9-39(7-3)10-18-43)47-25-29-49(30-26-47)55-35-36-56-50-31-27-48(28-32-50)52(44-19-11-40(8-4)12-20-44)46-23-15-42(16-24-46)38-54-34-6-2/h5-6,9-32H,1-2,7-8,33-38H2,3-4H3. The minimum absolute atomic E-state index is 0.414. The average molecular weight is 745 g/mol. The normalized spacial score (nSPS) is 10.8. The number of nitrogens with zero attached hydrogens (tertiary/aromatic N) is 2. The molecule has 6 nitrogen and oxygen atoms in total. The van der Waals surface area contributed by atoms with Gasteiger partial charge in [0.2, 0.25) is 0 Å². The number of anilines is 6. The zero-order chi connectivity index (χ0) is 39.0. The molecule has 286 valence electrons. The summed E-state index contributed by atoms with van der Waals surface area (Å²) < 4.78 is 23.5. The molecular formula is C50H52N2O4. The Hall–Kier alpha value is -6.08. The van der Waals surface area contributed by atoms with Crippen molar-refractivity contribution >= 4 is 34.1 Å². The highest BCUT2D eigenvalue weighted by Crippen LogP contribution is 2.37. The Morgan fingerprint density at radius 2 is 0.661 bits per heavy atom. The maximum atomic E-state index is 6.12. The lowest BCUT2D eigenvalue weighted by atomic mass is 10.1. The van der Waals surface area contributed by atoms with Crippen LogP contribution in [-0.4, -0.2) is 26.4 Å². The lowest BCUT2D eigenvalue weighted by Gasteiger charge is -2.26. The van der Waals surface area contributed by atoms with Gasteiger partial charge in [-0.1, -0.05) is 74.5 Å². The molecule has 0 radical (unpaired) electrons. The van der Waals surface area contributed by atoms with Gasteiger partial charge in [0.25, 0.3) is 0 Å². The van der Waals surface area contributed by atoms with Gasteiger partial charge < -0.3 is 28.7 Å². The number of hydrogen-bond acceptors (Lipinski definition) is 6. The van der Waals surface area contributed by atoms with E-state index in [9.17, 15) is 0 Å². The second-order valence-corrected chi connectivity index (χ2v) is 13.3. The van der Waals surface area contributed by atoms with Crippen molar-refractivity contribution in [2.45, 2.75) is 39.9 Å². The molecule has 0 spiro atoms. The zero-order valence-corrected chi connectivity index (χ0v) is 32.6. The molecule has 0 atom stereocenters. The van der Waals surface area contributed by atoms with Crippen LogP contribution in [0.1, 0.15) is 36.1 Å². The van der Waals surface area contributed by atoms with E-state index in [1.807, 2.05) is 24.3 Å². The van der Waals surface area contributed by atoms with Crippen LogP contribution in [-0.2, 0) is 35.5 Å². The fourth-order valence-corrected chi connectivity index (χ4v) is 6.36. The monoisotopic (exact) mass is 744 g/mol. The van der Waals surface area contributed by atoms with Crippen molar-refractivity contribution in [2.75, 3.05) is 36.2 Å². The van der Waals surface area contributed by atoms with Crippen LogP contribution in [0.4, 0.5) is 34.1 Å². The average Bonchev–Trinajstić information content (AvgIpc) is 3.25. The Kier molecular flexibility index (Phi) is 14.5. The van der Waals surface area contributed by atoms with Gasteiger partial charge in [-0.2, -0.15) is 0 Å². The summed E-state index contributed by atoms with van der Waals surface area (Å²) in [6.07, 6.45) is 5.52. The zero-order valence-electron chi connectivity index (χ0n) is 32.6. The van der Waals surface area contributed by atoms with Crippen LogP contribution >= 0.6 is 0 Å². The minimum Gasteiger partial charge on any atom is -0.490 e. The number of hydrogen-bond donors (Lipinski definition) is 0. The second-order valence-electron chi connectivity index (χ2n) is 13.3. The van der Waals surface area contributed by atoms with E-state index in [4.69, 9.17) is 18.9 Å². The first-order valence-corrected chi connectivity index (χ1v) is 19.4. The van der Waals surface area contributed by atoms with E-state index < -0.39 is 0 Å². The van der Waals surface area contributed by atoms with Crippen LogP contribution in [0.25, 0.3) is 0 Å². The quantitative estimate of drug-likeness (QED) is 0.0540. The van der Waals surface area contributed by atoms with Gasteiger partial charge in [-0.05, 0) is 132 Å². The van der Waals surface area contributed by atoms with Crippen molar-refractivity contribution in [3.63, 3.8) is 0 Å². The summed E-state index contributed by atoms with van der Waals surface area (Å²) in [6.45, 7) is 14.8. The van der Waals surface area contributed by atoms with E-state index in [2.05, 4.69) is 158 Å². The summed E-state index contributed by atoms with van der Waals surface area (Å²) in [7, 11) is 0. The van der Waals surface area contributed by atoms with Crippen molar-refractivity contribution in [1.82, 2.24) is 0 Å². The molecule has 0 unspecified atom stereocenters. The van der Waals surface area contributed by atoms with Crippen LogP contribution in [0.15, 0.2) is 171 Å². The van der Waals surface area contributed by atoms with Gasteiger partial charge in [-0.15, -0.1) is 13.2 Å². The molecule has 0 aliphatic carbocycles. The summed E-state index contributed by atoms with van der Waals surface area (Å²) in [5, 5.41) is 0. The molecule has 6 aromatic carbocycles. The van der Waals surface area contributed by atoms with Gasteiger partial charge in [-0.3, -0.25) is 0 Å². The Morgan fingerprint density at radius 3 is 0.929 bits per heavy atom. The Balaban J connectivity index is 1.08. The molecule has 0 amide bonds. The van der Waals surface area contributed by atoms with Crippen LogP contribution in [0.2, 0.25) is 0 Å². The molecule has 56 heavy (non-hydrogen) atoms. The molecule has 0 saturated carbocycles. The third kappa shape index (κ3) is 10.8. The molecule has 0 aromatic heterocycles. The first-order valence-electron chi connectivity index (χ1n) is 19.4. The Labute approximate surface area is 332 Å². The third-order valence-corrected chi connectivity index (χ3v) is 9.41. The largest absolute Gasteiger partial charge is 0.490 e. The van der Waals surface area contributed by atoms with Crippen molar-refractivity contribution in [3.8, 4) is 11.5 Å². The molecule has 0 heterocycles. The van der Waals surface area contributed by atoms with Crippen molar-refractivity contribution in [2.24, 2.45) is 0 Å². The van der Waals surface area contributed by atoms with Crippen LogP contribution < -0.4 is 19.3 Å². The first-order chi connectivity index (χ1) is 27.6. The predicted octanol–water partition coefficient (Wildman–Crippen LogP) is 12.6. The lowest BCUT2D eigenvalue weighted by Crippen LogP contribution is -2.11. The van der Waals surface area contributed by atoms with E-state index >= 15 is 0 Å². The van der Waals surface area contributed by atoms with Crippen molar-refractivity contribution < 1.29 is 18.9 Å². The molecule has 0 fully saturated rings. The summed E-state index contributed by atoms with van der Waals surface area (Å²) in [4.78, 5) is 4.50. The van der Waals surface area contributed by atoms with Crippen LogP contribution in [0, 0.1) is 0 Å². The van der Waals surface area contributed by atoms with E-state index in [0.717, 1.165) is 69.6 Å². The molecule has 0 bridgehead atoms. The highest BCUT2D eigenvalue weighted by Gasteiger charge is 2.15. The molecule has 6 rings (SSSR count). The van der Waals surface area contributed by atoms with E-state index in [1.165, 1.54) is 11.1 Å². The van der Waals surface area contributed by atoms with Gasteiger partial charge in [0, 0.05) is 34.1 Å². The summed E-state index contributed by atoms with van der Waals surface area (Å²) >= 11 is 0. The van der Waals surface area contributed by atoms with E-state index in [-0.39, 0.29) is 0 Å². The van der Waals surface area contributed by atoms with Gasteiger partial charge in [0.15, 0.2) is 0 Å². The smallest absolute Gasteiger partial charge is 0.122 e. The van der Waals surface area contributed by atoms with Gasteiger partial charge >= 0.3 is 0 Å². The minimum atomic E-state index is 0.414. The molecule has 6 aromatic rings. The molecular weight excluding hydrogens is 693 g/mol. The molecule has 0 saturated heterocycles. The topological polar surface area (TPSA) is 43.4 Å². The molecule has 0 N–H and O–H groups in total. The highest BCUT2D eigenvalue weighted by atomic mass is 16.5. The fourth-order valence-electron chi connectivity index (χ4n) is 6.36. The summed E-state index contributed by atoms with van der Waals surface area (Å²) in [5.74, 6) is 1.57. The van der Waals surface area contributed by atoms with Crippen molar-refractivity contribution in [1.29, 1.82) is 0 Å². The fraction of sp³-hybridized carbons (Fsp3) is 0.200. The highest BCUT2D eigenvalue weighted by molar-refractivity contribution is 5.78. The Bertz CT molecular complexity index is 1920. The maximum absolute atomic E-state index is 6.12. The Morgan fingerprint density at radius 1 is 0.393 bits per heavy atom. The summed E-state index contributed by atoms with van der Waals surface area (Å²) in [6, 6.07) is 50.9. The first kappa shape index (κ1) is 39.6. The third-order valence-electron chi connectivity index (χ3n) is 9.41. The van der Waals surface area contributed by atoms with E-state index in [1.54, 1.807) is 12.2 Å². The van der Waals surface area contributed by atoms with Gasteiger partial charge in [-0.25, -0.2) is 0 Å². The molecule has 6 heteroatoms. The lowest BCUT2D eigenvalue weighted by molar-refractivity contribution is 0.149. The predicted molar refractivity (Wildman–Crippen MR) is 232 cm³/mol. The molecule has 0 aliphatic heterocycles. The van der Waals surface area contributed by atoms with Gasteiger partial charge in [0.05, 0.1) is 26.4 Å². The van der Waals surface area contributed by atoms with Crippen LogP contribution in [0.3, 0.4) is 0 Å². The molecule has 0 aliphatic rings. The SMILES string of the molecule is C=CCOCc1ccc(N(c2ccc(CC)cc2)c2ccc(OCCOc3ccc(N(c4ccc(CC)cc4)c4ccc(COCC=C)cc4)cc3)cc2)cc1. The van der Waals surface area contributed by atoms with Crippen molar-refractivity contribution in [3.05, 3.63) is 193 Å². The summed E-state index contributed by atoms with van der Waals surface area (Å²) in [5.41, 5.74) is 11.2. The number of benzene rings is 6. The number of ether oxygens (including phenoxy) is 4. The second kappa shape index (κ2) is 20.6. The maximum Gasteiger partial charge on any atom is 0.122 e. The van der Waals surface area contributed by atoms with Crippen LogP contribution in [0.5, 0.6) is 11.5 Å². The van der Waals surface area contributed by atoms with Gasteiger partial charge in [0.1, 0.15) is 24.7 Å². The van der Waals surface area contributed by atoms with E-state index in [0.29, 0.717) is 39.6 Å².